The van der Waals surface area contributed by atoms with Gasteiger partial charge < -0.3 is 10.2 Å². The topological polar surface area (TPSA) is 86.8 Å². The van der Waals surface area contributed by atoms with Crippen LogP contribution in [0.4, 0.5) is 5.69 Å². The van der Waals surface area contributed by atoms with Crippen molar-refractivity contribution in [1.29, 1.82) is 0 Å². The van der Waals surface area contributed by atoms with E-state index in [9.17, 15) is 18.0 Å². The summed E-state index contributed by atoms with van der Waals surface area (Å²) in [7, 11) is -3.81. The average Bonchev–Trinajstić information content (AvgIpc) is 2.89. The van der Waals surface area contributed by atoms with Crippen molar-refractivity contribution >= 4 is 43.5 Å². The molecule has 2 atom stereocenters. The zero-order chi connectivity index (χ0) is 29.4. The maximum Gasteiger partial charge on any atom is 0.244 e. The van der Waals surface area contributed by atoms with Gasteiger partial charge in [-0.1, -0.05) is 71.4 Å². The van der Waals surface area contributed by atoms with E-state index in [2.05, 4.69) is 21.2 Å². The minimum absolute atomic E-state index is 0.0850. The van der Waals surface area contributed by atoms with Gasteiger partial charge in [-0.15, -0.1) is 0 Å². The predicted molar refractivity (Wildman–Crippen MR) is 165 cm³/mol. The van der Waals surface area contributed by atoms with E-state index in [-0.39, 0.29) is 24.9 Å². The first-order chi connectivity index (χ1) is 18.9. The van der Waals surface area contributed by atoms with Gasteiger partial charge in [-0.05, 0) is 73.7 Å². The predicted octanol–water partition coefficient (Wildman–Crippen LogP) is 5.39. The van der Waals surface area contributed by atoms with Gasteiger partial charge in [-0.25, -0.2) is 8.42 Å². The molecule has 0 aliphatic heterocycles. The lowest BCUT2D eigenvalue weighted by Gasteiger charge is -2.34. The van der Waals surface area contributed by atoms with Gasteiger partial charge in [0, 0.05) is 23.5 Å². The average molecular weight is 629 g/mol. The van der Waals surface area contributed by atoms with Crippen molar-refractivity contribution in [2.75, 3.05) is 17.1 Å². The Morgan fingerprint density at radius 2 is 1.52 bits per heavy atom. The van der Waals surface area contributed by atoms with Crippen LogP contribution in [0.1, 0.15) is 42.5 Å². The molecular formula is C31H38BrN3O4S. The summed E-state index contributed by atoms with van der Waals surface area (Å²) in [5.41, 5.74) is 3.91. The molecule has 0 saturated carbocycles. The van der Waals surface area contributed by atoms with Gasteiger partial charge in [0.15, 0.2) is 0 Å². The number of carbonyl (C=O) groups excluding carboxylic acids is 2. The summed E-state index contributed by atoms with van der Waals surface area (Å²) in [5, 5.41) is 3.04. The molecule has 0 fully saturated rings. The Morgan fingerprint density at radius 3 is 2.08 bits per heavy atom. The van der Waals surface area contributed by atoms with Crippen molar-refractivity contribution in [1.82, 2.24) is 10.2 Å². The second-order valence-electron chi connectivity index (χ2n) is 10.3. The molecule has 0 aromatic heterocycles. The maximum absolute atomic E-state index is 14.1. The Bertz CT molecular complexity index is 1390. The van der Waals surface area contributed by atoms with E-state index in [1.807, 2.05) is 88.4 Å². The highest BCUT2D eigenvalue weighted by atomic mass is 79.9. The molecule has 3 rings (SSSR count). The third-order valence-corrected chi connectivity index (χ3v) is 8.38. The molecule has 0 radical (unpaired) electrons. The van der Waals surface area contributed by atoms with Crippen molar-refractivity contribution in [3.8, 4) is 0 Å². The third-order valence-electron chi connectivity index (χ3n) is 6.71. The van der Waals surface area contributed by atoms with E-state index < -0.39 is 28.5 Å². The summed E-state index contributed by atoms with van der Waals surface area (Å²) < 4.78 is 27.9. The number of nitrogens with one attached hydrogen (secondary N) is 1. The van der Waals surface area contributed by atoms with Crippen LogP contribution in [0.3, 0.4) is 0 Å². The van der Waals surface area contributed by atoms with Crippen LogP contribution in [0, 0.1) is 13.8 Å². The van der Waals surface area contributed by atoms with Crippen LogP contribution >= 0.6 is 15.9 Å². The molecule has 0 heterocycles. The van der Waals surface area contributed by atoms with E-state index in [1.165, 1.54) is 4.90 Å². The fraction of sp³-hybridized carbons (Fsp3) is 0.355. The Kier molecular flexibility index (Phi) is 10.9. The highest BCUT2D eigenvalue weighted by Gasteiger charge is 2.33. The van der Waals surface area contributed by atoms with Gasteiger partial charge in [0.1, 0.15) is 12.6 Å². The van der Waals surface area contributed by atoms with Crippen LogP contribution in [-0.2, 0) is 32.6 Å². The minimum Gasteiger partial charge on any atom is -0.352 e. The first kappa shape index (κ1) is 31.4. The third kappa shape index (κ3) is 8.93. The summed E-state index contributed by atoms with van der Waals surface area (Å²) in [6.07, 6.45) is 2.11. The van der Waals surface area contributed by atoms with E-state index in [0.29, 0.717) is 5.69 Å². The highest BCUT2D eigenvalue weighted by molar-refractivity contribution is 9.10. The first-order valence-electron chi connectivity index (χ1n) is 13.3. The number of hydrogen-bond acceptors (Lipinski definition) is 4. The van der Waals surface area contributed by atoms with Crippen LogP contribution in [0.15, 0.2) is 77.3 Å². The Morgan fingerprint density at radius 1 is 0.925 bits per heavy atom. The number of anilines is 1. The summed E-state index contributed by atoms with van der Waals surface area (Å²) in [4.78, 5) is 29.4. The number of hydrogen-bond donors (Lipinski definition) is 1. The van der Waals surface area contributed by atoms with Gasteiger partial charge in [0.05, 0.1) is 11.9 Å². The first-order valence-corrected chi connectivity index (χ1v) is 16.0. The van der Waals surface area contributed by atoms with Gasteiger partial charge in [0.2, 0.25) is 21.8 Å². The molecular weight excluding hydrogens is 590 g/mol. The number of sulfonamides is 1. The second kappa shape index (κ2) is 13.9. The van der Waals surface area contributed by atoms with Crippen molar-refractivity contribution in [3.63, 3.8) is 0 Å². The lowest BCUT2D eigenvalue weighted by Crippen LogP contribution is -2.54. The molecule has 2 amide bonds. The van der Waals surface area contributed by atoms with E-state index >= 15 is 0 Å². The quantitative estimate of drug-likeness (QED) is 0.292. The Labute approximate surface area is 246 Å². The summed E-state index contributed by atoms with van der Waals surface area (Å²) in [6, 6.07) is 21.6. The van der Waals surface area contributed by atoms with Crippen LogP contribution in [-0.4, -0.2) is 50.0 Å². The number of nitrogens with zero attached hydrogens (tertiary/aromatic N) is 2. The smallest absolute Gasteiger partial charge is 0.244 e. The normalized spacial score (nSPS) is 12.8. The second-order valence-corrected chi connectivity index (χ2v) is 13.1. The van der Waals surface area contributed by atoms with E-state index in [4.69, 9.17) is 0 Å². The van der Waals surface area contributed by atoms with Crippen molar-refractivity contribution in [2.45, 2.75) is 59.2 Å². The zero-order valence-corrected chi connectivity index (χ0v) is 26.1. The van der Waals surface area contributed by atoms with Crippen molar-refractivity contribution in [2.24, 2.45) is 0 Å². The molecule has 0 aliphatic rings. The molecule has 9 heteroatoms. The van der Waals surface area contributed by atoms with E-state index in [1.54, 1.807) is 12.1 Å². The largest absolute Gasteiger partial charge is 0.352 e. The fourth-order valence-electron chi connectivity index (χ4n) is 4.49. The fourth-order valence-corrected chi connectivity index (χ4v) is 5.59. The van der Waals surface area contributed by atoms with Crippen molar-refractivity contribution in [3.05, 3.63) is 99.5 Å². The molecule has 3 aromatic carbocycles. The molecule has 40 heavy (non-hydrogen) atoms. The van der Waals surface area contributed by atoms with Crippen LogP contribution in [0.2, 0.25) is 0 Å². The van der Waals surface area contributed by atoms with Gasteiger partial charge >= 0.3 is 0 Å². The number of benzene rings is 3. The summed E-state index contributed by atoms with van der Waals surface area (Å²) >= 11 is 3.45. The van der Waals surface area contributed by atoms with Crippen molar-refractivity contribution < 1.29 is 18.0 Å². The lowest BCUT2D eigenvalue weighted by atomic mass is 10.0. The Balaban J connectivity index is 2.07. The minimum atomic E-state index is -3.81. The molecule has 3 aromatic rings. The van der Waals surface area contributed by atoms with Crippen LogP contribution < -0.4 is 9.62 Å². The number of rotatable bonds is 12. The molecule has 2 unspecified atom stereocenters. The van der Waals surface area contributed by atoms with Crippen LogP contribution in [0.25, 0.3) is 0 Å². The van der Waals surface area contributed by atoms with Crippen LogP contribution in [0.5, 0.6) is 0 Å². The monoisotopic (exact) mass is 627 g/mol. The zero-order valence-electron chi connectivity index (χ0n) is 23.7. The summed E-state index contributed by atoms with van der Waals surface area (Å²) in [6.45, 7) is 7.38. The summed E-state index contributed by atoms with van der Waals surface area (Å²) in [5.74, 6) is -0.742. The van der Waals surface area contributed by atoms with Gasteiger partial charge in [-0.2, -0.15) is 0 Å². The number of carbonyl (C=O) groups is 2. The number of aryl methyl sites for hydroxylation is 2. The number of halogens is 1. The molecule has 1 N–H and O–H groups in total. The maximum atomic E-state index is 14.1. The molecule has 0 spiro atoms. The molecule has 214 valence electrons. The number of amides is 2. The molecule has 0 aliphatic carbocycles. The standard InChI is InChI=1S/C31H38BrN3O4S/c1-6-24(4)33-31(37)29(19-25-10-8-7-9-11-25)34(20-26-12-14-27(32)15-13-26)30(36)21-35(40(5,38)39)28-17-22(2)16-23(3)18-28/h7-18,24,29H,6,19-21H2,1-5H3,(H,33,37). The Hall–Kier alpha value is -3.17. The molecule has 0 bridgehead atoms. The SMILES string of the molecule is CCC(C)NC(=O)C(Cc1ccccc1)N(Cc1ccc(Br)cc1)C(=O)CN(c1cc(C)cc(C)c1)S(C)(=O)=O. The molecule has 0 saturated heterocycles. The highest BCUT2D eigenvalue weighted by Crippen LogP contribution is 2.23. The lowest BCUT2D eigenvalue weighted by molar-refractivity contribution is -0.140. The molecule has 7 nitrogen and oxygen atoms in total. The van der Waals surface area contributed by atoms with E-state index in [0.717, 1.165) is 43.7 Å². The van der Waals surface area contributed by atoms with Gasteiger partial charge in [0.25, 0.3) is 0 Å². The van der Waals surface area contributed by atoms with Gasteiger partial charge in [-0.3, -0.25) is 13.9 Å².